The molecular formula is C17H15ClN4OS. The number of benzene rings is 2. The van der Waals surface area contributed by atoms with E-state index in [4.69, 9.17) is 17.3 Å². The molecule has 7 heteroatoms. The molecule has 0 radical (unpaired) electrons. The molecule has 0 saturated heterocycles. The Morgan fingerprint density at radius 2 is 1.79 bits per heavy atom. The van der Waals surface area contributed by atoms with Gasteiger partial charge in [0.1, 0.15) is 0 Å². The van der Waals surface area contributed by atoms with Gasteiger partial charge in [-0.1, -0.05) is 53.7 Å². The first kappa shape index (κ1) is 16.5. The number of aromatic nitrogens is 3. The molecular weight excluding hydrogens is 344 g/mol. The topological polar surface area (TPSA) is 73.8 Å². The second kappa shape index (κ2) is 7.07. The van der Waals surface area contributed by atoms with Crippen LogP contribution in [0.3, 0.4) is 0 Å². The number of nitrogens with zero attached hydrogens (tertiary/aromatic N) is 3. The van der Waals surface area contributed by atoms with E-state index in [0.29, 0.717) is 16.0 Å². The highest BCUT2D eigenvalue weighted by Crippen LogP contribution is 2.30. The van der Waals surface area contributed by atoms with Gasteiger partial charge in [-0.05, 0) is 31.2 Å². The number of carbonyl (C=O) groups is 1. The zero-order valence-electron chi connectivity index (χ0n) is 12.9. The molecule has 2 N–H and O–H groups in total. The van der Waals surface area contributed by atoms with Crippen LogP contribution in [-0.4, -0.2) is 25.9 Å². The summed E-state index contributed by atoms with van der Waals surface area (Å²) in [5.74, 6) is 0.295. The van der Waals surface area contributed by atoms with E-state index in [1.807, 2.05) is 47.0 Å². The summed E-state index contributed by atoms with van der Waals surface area (Å²) in [6, 6.07) is 17.1. The van der Waals surface area contributed by atoms with Crippen molar-refractivity contribution >= 4 is 29.3 Å². The van der Waals surface area contributed by atoms with E-state index in [2.05, 4.69) is 10.2 Å². The minimum Gasteiger partial charge on any atom is -0.369 e. The third-order valence-electron chi connectivity index (χ3n) is 3.43. The molecule has 0 aliphatic heterocycles. The maximum absolute atomic E-state index is 11.4. The van der Waals surface area contributed by atoms with Crippen LogP contribution in [0.4, 0.5) is 0 Å². The maximum atomic E-state index is 11.4. The molecule has 3 aromatic rings. The van der Waals surface area contributed by atoms with Crippen molar-refractivity contribution in [1.82, 2.24) is 14.8 Å². The van der Waals surface area contributed by atoms with Crippen LogP contribution in [0.15, 0.2) is 59.8 Å². The summed E-state index contributed by atoms with van der Waals surface area (Å²) in [5.41, 5.74) is 7.17. The van der Waals surface area contributed by atoms with Gasteiger partial charge >= 0.3 is 0 Å². The molecule has 5 nitrogen and oxygen atoms in total. The van der Waals surface area contributed by atoms with Crippen LogP contribution in [0.25, 0.3) is 17.1 Å². The molecule has 24 heavy (non-hydrogen) atoms. The monoisotopic (exact) mass is 358 g/mol. The third-order valence-corrected chi connectivity index (χ3v) is 4.75. The van der Waals surface area contributed by atoms with Gasteiger partial charge in [-0.25, -0.2) is 0 Å². The van der Waals surface area contributed by atoms with E-state index >= 15 is 0 Å². The predicted octanol–water partition coefficient (Wildman–Crippen LogP) is 3.55. The van der Waals surface area contributed by atoms with Crippen LogP contribution in [0.5, 0.6) is 0 Å². The molecule has 122 valence electrons. The largest absolute Gasteiger partial charge is 0.369 e. The second-order valence-corrected chi connectivity index (χ2v) is 6.89. The molecule has 0 saturated carbocycles. The maximum Gasteiger partial charge on any atom is 0.230 e. The Bertz CT molecular complexity index is 849. The van der Waals surface area contributed by atoms with Gasteiger partial charge in [-0.15, -0.1) is 10.2 Å². The molecule has 0 bridgehead atoms. The molecule has 0 aliphatic carbocycles. The number of carbonyl (C=O) groups excluding carboxylic acids is 1. The summed E-state index contributed by atoms with van der Waals surface area (Å²) in [6.07, 6.45) is 0. The Morgan fingerprint density at radius 1 is 1.12 bits per heavy atom. The molecule has 2 aromatic carbocycles. The van der Waals surface area contributed by atoms with Crippen molar-refractivity contribution in [3.63, 3.8) is 0 Å². The van der Waals surface area contributed by atoms with Gasteiger partial charge in [-0.2, -0.15) is 0 Å². The highest BCUT2D eigenvalue weighted by atomic mass is 35.5. The zero-order chi connectivity index (χ0) is 17.1. The molecule has 1 aromatic heterocycles. The van der Waals surface area contributed by atoms with E-state index in [9.17, 15) is 4.79 Å². The Kier molecular flexibility index (Phi) is 4.87. The Hall–Kier alpha value is -2.31. The van der Waals surface area contributed by atoms with Crippen molar-refractivity contribution < 1.29 is 4.79 Å². The molecule has 0 aliphatic rings. The summed E-state index contributed by atoms with van der Waals surface area (Å²) >= 11 is 7.26. The molecule has 1 atom stereocenters. The van der Waals surface area contributed by atoms with Crippen molar-refractivity contribution in [3.05, 3.63) is 59.6 Å². The van der Waals surface area contributed by atoms with Gasteiger partial charge < -0.3 is 5.73 Å². The van der Waals surface area contributed by atoms with Crippen LogP contribution < -0.4 is 5.73 Å². The Labute approximate surface area is 148 Å². The lowest BCUT2D eigenvalue weighted by atomic mass is 10.2. The summed E-state index contributed by atoms with van der Waals surface area (Å²) < 4.78 is 1.90. The smallest absolute Gasteiger partial charge is 0.230 e. The number of halogens is 1. The number of primary amides is 1. The SMILES string of the molecule is C[C@@H](Sc1nnc(-c2ccccc2)n1-c1ccc(Cl)cc1)C(N)=O. The summed E-state index contributed by atoms with van der Waals surface area (Å²) in [6.45, 7) is 1.75. The summed E-state index contributed by atoms with van der Waals surface area (Å²) in [4.78, 5) is 11.4. The predicted molar refractivity (Wildman–Crippen MR) is 96.3 cm³/mol. The highest BCUT2D eigenvalue weighted by molar-refractivity contribution is 8.00. The van der Waals surface area contributed by atoms with Gasteiger partial charge in [0.25, 0.3) is 0 Å². The molecule has 3 rings (SSSR count). The lowest BCUT2D eigenvalue weighted by molar-refractivity contribution is -0.117. The first-order valence-electron chi connectivity index (χ1n) is 7.29. The van der Waals surface area contributed by atoms with Crippen LogP contribution in [0.2, 0.25) is 5.02 Å². The fourth-order valence-electron chi connectivity index (χ4n) is 2.16. The molecule has 0 fully saturated rings. The first-order valence-corrected chi connectivity index (χ1v) is 8.55. The minimum atomic E-state index is -0.413. The standard InChI is InChI=1S/C17H15ClN4OS/c1-11(15(19)23)24-17-21-20-16(12-5-3-2-4-6-12)22(17)14-9-7-13(18)8-10-14/h2-11H,1H3,(H2,19,23)/t11-/m1/s1. The molecule has 1 heterocycles. The summed E-state index contributed by atoms with van der Waals surface area (Å²) in [7, 11) is 0. The van der Waals surface area contributed by atoms with Gasteiger partial charge in [0.2, 0.25) is 5.91 Å². The van der Waals surface area contributed by atoms with Crippen molar-refractivity contribution in [1.29, 1.82) is 0 Å². The third kappa shape index (κ3) is 3.44. The van der Waals surface area contributed by atoms with Crippen molar-refractivity contribution in [2.45, 2.75) is 17.3 Å². The van der Waals surface area contributed by atoms with Crippen molar-refractivity contribution in [2.24, 2.45) is 5.73 Å². The number of thioether (sulfide) groups is 1. The van der Waals surface area contributed by atoms with E-state index in [1.54, 1.807) is 19.1 Å². The van der Waals surface area contributed by atoms with Crippen molar-refractivity contribution in [2.75, 3.05) is 0 Å². The Morgan fingerprint density at radius 3 is 2.42 bits per heavy atom. The molecule has 0 spiro atoms. The van der Waals surface area contributed by atoms with Gasteiger partial charge in [0.15, 0.2) is 11.0 Å². The number of rotatable bonds is 5. The number of amides is 1. The highest BCUT2D eigenvalue weighted by Gasteiger charge is 2.20. The molecule has 0 unspecified atom stereocenters. The van der Waals surface area contributed by atoms with Crippen LogP contribution in [0, 0.1) is 0 Å². The molecule has 1 amide bonds. The Balaban J connectivity index is 2.12. The fraction of sp³-hybridized carbons (Fsp3) is 0.118. The van der Waals surface area contributed by atoms with Gasteiger partial charge in [-0.3, -0.25) is 9.36 Å². The average Bonchev–Trinajstić information content (AvgIpc) is 3.00. The van der Waals surface area contributed by atoms with E-state index < -0.39 is 11.2 Å². The summed E-state index contributed by atoms with van der Waals surface area (Å²) in [5, 5.41) is 9.39. The normalized spacial score (nSPS) is 12.1. The van der Waals surface area contributed by atoms with E-state index in [0.717, 1.165) is 11.3 Å². The lowest BCUT2D eigenvalue weighted by Gasteiger charge is -2.12. The van der Waals surface area contributed by atoms with E-state index in [1.165, 1.54) is 11.8 Å². The van der Waals surface area contributed by atoms with Crippen LogP contribution in [0.1, 0.15) is 6.92 Å². The van der Waals surface area contributed by atoms with Crippen molar-refractivity contribution in [3.8, 4) is 17.1 Å². The van der Waals surface area contributed by atoms with Crippen LogP contribution in [-0.2, 0) is 4.79 Å². The van der Waals surface area contributed by atoms with E-state index in [-0.39, 0.29) is 0 Å². The minimum absolute atomic E-state index is 0.396. The zero-order valence-corrected chi connectivity index (χ0v) is 14.5. The van der Waals surface area contributed by atoms with Gasteiger partial charge in [0, 0.05) is 16.3 Å². The number of nitrogens with two attached hydrogens (primary N) is 1. The first-order chi connectivity index (χ1) is 11.6. The number of hydrogen-bond donors (Lipinski definition) is 1. The fourth-order valence-corrected chi connectivity index (χ4v) is 3.10. The van der Waals surface area contributed by atoms with Gasteiger partial charge in [0.05, 0.1) is 5.25 Å². The number of hydrogen-bond acceptors (Lipinski definition) is 4. The average molecular weight is 359 g/mol. The second-order valence-electron chi connectivity index (χ2n) is 5.15. The lowest BCUT2D eigenvalue weighted by Crippen LogP contribution is -2.23. The quantitative estimate of drug-likeness (QED) is 0.708. The van der Waals surface area contributed by atoms with Crippen LogP contribution >= 0.6 is 23.4 Å².